The van der Waals surface area contributed by atoms with Gasteiger partial charge in [-0.1, -0.05) is 41.9 Å². The lowest BCUT2D eigenvalue weighted by Crippen LogP contribution is -2.43. The molecule has 1 atom stereocenters. The van der Waals surface area contributed by atoms with E-state index in [1.807, 2.05) is 38.1 Å². The molecule has 0 radical (unpaired) electrons. The monoisotopic (exact) mass is 284 g/mol. The highest BCUT2D eigenvalue weighted by molar-refractivity contribution is 9.10. The number of nitrogens with two attached hydrogens (primary N) is 1. The average molecular weight is 285 g/mol. The van der Waals surface area contributed by atoms with Gasteiger partial charge in [-0.15, -0.1) is 0 Å². The number of rotatable bonds is 4. The van der Waals surface area contributed by atoms with Crippen molar-refractivity contribution in [2.45, 2.75) is 26.4 Å². The van der Waals surface area contributed by atoms with Gasteiger partial charge in [0.2, 0.25) is 5.91 Å². The first-order valence-corrected chi connectivity index (χ1v) is 6.07. The Kier molecular flexibility index (Phi) is 4.96. The second-order valence-electron chi connectivity index (χ2n) is 4.12. The van der Waals surface area contributed by atoms with E-state index in [1.54, 1.807) is 0 Å². The van der Waals surface area contributed by atoms with Crippen LogP contribution in [0.3, 0.4) is 0 Å². The molecule has 0 heterocycles. The predicted molar refractivity (Wildman–Crippen MR) is 68.8 cm³/mol. The molecule has 0 unspecified atom stereocenters. The van der Waals surface area contributed by atoms with Crippen LogP contribution in [0.4, 0.5) is 0 Å². The van der Waals surface area contributed by atoms with Crippen molar-refractivity contribution in [3.63, 3.8) is 0 Å². The van der Waals surface area contributed by atoms with Crippen molar-refractivity contribution in [2.75, 3.05) is 0 Å². The summed E-state index contributed by atoms with van der Waals surface area (Å²) in [6.07, 6.45) is 0. The van der Waals surface area contributed by atoms with Crippen molar-refractivity contribution in [3.8, 4) is 0 Å². The lowest BCUT2D eigenvalue weighted by Gasteiger charge is -2.15. The Morgan fingerprint density at radius 2 is 2.19 bits per heavy atom. The summed E-state index contributed by atoms with van der Waals surface area (Å²) in [5.74, 6) is 0.0532. The maximum atomic E-state index is 11.6. The number of halogens is 1. The highest BCUT2D eigenvalue weighted by Crippen LogP contribution is 2.11. The van der Waals surface area contributed by atoms with E-state index in [-0.39, 0.29) is 11.8 Å². The molecule has 1 aromatic carbocycles. The second kappa shape index (κ2) is 6.01. The van der Waals surface area contributed by atoms with E-state index in [1.165, 1.54) is 0 Å². The van der Waals surface area contributed by atoms with E-state index in [0.29, 0.717) is 6.54 Å². The van der Waals surface area contributed by atoms with Crippen molar-refractivity contribution < 1.29 is 4.79 Å². The molecule has 0 saturated heterocycles. The van der Waals surface area contributed by atoms with Crippen LogP contribution in [-0.4, -0.2) is 11.9 Å². The molecular formula is C12H17BrN2O. The van der Waals surface area contributed by atoms with Crippen LogP contribution >= 0.6 is 15.9 Å². The summed E-state index contributed by atoms with van der Waals surface area (Å²) < 4.78 is 1.01. The standard InChI is InChI=1S/C12H17BrN2O/c1-8(2)11(14)12(16)15-7-9-4-3-5-10(13)6-9/h3-6,8,11H,7,14H2,1-2H3,(H,15,16)/t11-/m0/s1. The molecule has 0 bridgehead atoms. The normalized spacial score (nSPS) is 12.6. The fourth-order valence-corrected chi connectivity index (χ4v) is 1.70. The molecule has 0 saturated carbocycles. The van der Waals surface area contributed by atoms with Crippen molar-refractivity contribution in [2.24, 2.45) is 11.7 Å². The van der Waals surface area contributed by atoms with Crippen molar-refractivity contribution in [1.82, 2.24) is 5.32 Å². The maximum Gasteiger partial charge on any atom is 0.237 e. The summed E-state index contributed by atoms with van der Waals surface area (Å²) in [5, 5.41) is 2.82. The summed E-state index contributed by atoms with van der Waals surface area (Å²) in [6.45, 7) is 4.38. The smallest absolute Gasteiger partial charge is 0.237 e. The van der Waals surface area contributed by atoms with Crippen LogP contribution in [0.5, 0.6) is 0 Å². The van der Waals surface area contributed by atoms with Crippen LogP contribution in [0.1, 0.15) is 19.4 Å². The molecule has 16 heavy (non-hydrogen) atoms. The quantitative estimate of drug-likeness (QED) is 0.889. The SMILES string of the molecule is CC(C)[C@H](N)C(=O)NCc1cccc(Br)c1. The number of hydrogen-bond acceptors (Lipinski definition) is 2. The molecule has 0 fully saturated rings. The summed E-state index contributed by atoms with van der Waals surface area (Å²) in [5.41, 5.74) is 6.79. The molecule has 3 nitrogen and oxygen atoms in total. The maximum absolute atomic E-state index is 11.6. The third-order valence-corrected chi connectivity index (χ3v) is 2.87. The fourth-order valence-electron chi connectivity index (χ4n) is 1.26. The Labute approximate surface area is 105 Å². The van der Waals surface area contributed by atoms with Gasteiger partial charge in [0.15, 0.2) is 0 Å². The van der Waals surface area contributed by atoms with Gasteiger partial charge >= 0.3 is 0 Å². The van der Waals surface area contributed by atoms with Crippen molar-refractivity contribution in [3.05, 3.63) is 34.3 Å². The first-order chi connectivity index (χ1) is 7.50. The minimum atomic E-state index is -0.438. The van der Waals surface area contributed by atoms with Crippen LogP contribution in [-0.2, 0) is 11.3 Å². The highest BCUT2D eigenvalue weighted by atomic mass is 79.9. The van der Waals surface area contributed by atoms with Gasteiger partial charge in [-0.3, -0.25) is 4.79 Å². The Bertz CT molecular complexity index is 366. The number of nitrogens with one attached hydrogen (secondary N) is 1. The van der Waals surface area contributed by atoms with Gasteiger partial charge in [-0.05, 0) is 23.6 Å². The van der Waals surface area contributed by atoms with E-state index < -0.39 is 6.04 Å². The van der Waals surface area contributed by atoms with E-state index in [0.717, 1.165) is 10.0 Å². The van der Waals surface area contributed by atoms with Crippen LogP contribution in [0.15, 0.2) is 28.7 Å². The van der Waals surface area contributed by atoms with E-state index in [4.69, 9.17) is 5.73 Å². The molecule has 0 aliphatic carbocycles. The van der Waals surface area contributed by atoms with Crippen LogP contribution < -0.4 is 11.1 Å². The zero-order valence-electron chi connectivity index (χ0n) is 9.53. The Morgan fingerprint density at radius 3 is 2.75 bits per heavy atom. The first-order valence-electron chi connectivity index (χ1n) is 5.28. The van der Waals surface area contributed by atoms with E-state index in [2.05, 4.69) is 21.2 Å². The average Bonchev–Trinajstić information content (AvgIpc) is 2.24. The molecule has 1 amide bonds. The fraction of sp³-hybridized carbons (Fsp3) is 0.417. The molecule has 3 N–H and O–H groups in total. The third-order valence-electron chi connectivity index (χ3n) is 2.38. The Morgan fingerprint density at radius 1 is 1.50 bits per heavy atom. The van der Waals surface area contributed by atoms with Gasteiger partial charge in [-0.25, -0.2) is 0 Å². The van der Waals surface area contributed by atoms with Crippen LogP contribution in [0, 0.1) is 5.92 Å². The highest BCUT2D eigenvalue weighted by Gasteiger charge is 2.16. The molecular weight excluding hydrogens is 268 g/mol. The van der Waals surface area contributed by atoms with Gasteiger partial charge < -0.3 is 11.1 Å². The number of hydrogen-bond donors (Lipinski definition) is 2. The summed E-state index contributed by atoms with van der Waals surface area (Å²) in [6, 6.07) is 7.39. The topological polar surface area (TPSA) is 55.1 Å². The largest absolute Gasteiger partial charge is 0.351 e. The molecule has 0 aromatic heterocycles. The molecule has 0 aliphatic heterocycles. The lowest BCUT2D eigenvalue weighted by atomic mass is 10.0. The number of amides is 1. The van der Waals surface area contributed by atoms with Gasteiger partial charge in [0.25, 0.3) is 0 Å². The molecule has 4 heteroatoms. The second-order valence-corrected chi connectivity index (χ2v) is 5.03. The Balaban J connectivity index is 2.49. The van der Waals surface area contributed by atoms with E-state index in [9.17, 15) is 4.79 Å². The van der Waals surface area contributed by atoms with Gasteiger partial charge in [0, 0.05) is 11.0 Å². The molecule has 0 aliphatic rings. The van der Waals surface area contributed by atoms with Gasteiger partial charge in [0.05, 0.1) is 6.04 Å². The zero-order chi connectivity index (χ0) is 12.1. The summed E-state index contributed by atoms with van der Waals surface area (Å²) in [4.78, 5) is 11.6. The van der Waals surface area contributed by atoms with E-state index >= 15 is 0 Å². The lowest BCUT2D eigenvalue weighted by molar-refractivity contribution is -0.123. The zero-order valence-corrected chi connectivity index (χ0v) is 11.1. The van der Waals surface area contributed by atoms with Gasteiger partial charge in [0.1, 0.15) is 0 Å². The van der Waals surface area contributed by atoms with Crippen molar-refractivity contribution >= 4 is 21.8 Å². The minimum Gasteiger partial charge on any atom is -0.351 e. The first kappa shape index (κ1) is 13.2. The molecule has 0 spiro atoms. The summed E-state index contributed by atoms with van der Waals surface area (Å²) >= 11 is 3.38. The number of carbonyl (C=O) groups excluding carboxylic acids is 1. The van der Waals surface area contributed by atoms with Crippen LogP contribution in [0.25, 0.3) is 0 Å². The summed E-state index contributed by atoms with van der Waals surface area (Å²) in [7, 11) is 0. The third kappa shape index (κ3) is 3.94. The minimum absolute atomic E-state index is 0.102. The number of carbonyl (C=O) groups is 1. The Hall–Kier alpha value is -0.870. The van der Waals surface area contributed by atoms with Crippen molar-refractivity contribution in [1.29, 1.82) is 0 Å². The van der Waals surface area contributed by atoms with Crippen LogP contribution in [0.2, 0.25) is 0 Å². The molecule has 1 rings (SSSR count). The predicted octanol–water partition coefficient (Wildman–Crippen LogP) is 2.05. The van der Waals surface area contributed by atoms with Gasteiger partial charge in [-0.2, -0.15) is 0 Å². The molecule has 1 aromatic rings. The molecule has 88 valence electrons. The number of benzene rings is 1.